The van der Waals surface area contributed by atoms with Crippen LogP contribution in [-0.2, 0) is 0 Å². The molecule has 2 N–H and O–H groups in total. The minimum atomic E-state index is 0.350. The first-order valence-electron chi connectivity index (χ1n) is 7.67. The second kappa shape index (κ2) is 7.18. The summed E-state index contributed by atoms with van der Waals surface area (Å²) in [6.07, 6.45) is 5.34. The molecule has 5 atom stereocenters. The number of rotatable bonds is 7. The zero-order chi connectivity index (χ0) is 13.7. The molecule has 0 spiro atoms. The summed E-state index contributed by atoms with van der Waals surface area (Å²) in [5, 5.41) is 6.93. The third-order valence-electron chi connectivity index (χ3n) is 4.93. The topological polar surface area (TPSA) is 24.1 Å². The van der Waals surface area contributed by atoms with Crippen molar-refractivity contribution in [1.82, 2.24) is 10.6 Å². The SMILES string of the molecule is C=C(NC1CC(CCC)C(CC)C1C)C(C)NC. The zero-order valence-corrected chi connectivity index (χ0v) is 12.9. The van der Waals surface area contributed by atoms with Crippen molar-refractivity contribution in [1.29, 1.82) is 0 Å². The quantitative estimate of drug-likeness (QED) is 0.724. The third kappa shape index (κ3) is 3.50. The molecule has 0 aromatic carbocycles. The second-order valence-corrected chi connectivity index (χ2v) is 6.00. The number of likely N-dealkylation sites (N-methyl/N-ethyl adjacent to an activating group) is 1. The highest BCUT2D eigenvalue weighted by Gasteiger charge is 2.38. The average molecular weight is 252 g/mol. The van der Waals surface area contributed by atoms with Gasteiger partial charge in [-0.15, -0.1) is 0 Å². The summed E-state index contributed by atoms with van der Waals surface area (Å²) in [5.74, 6) is 2.57. The minimum absolute atomic E-state index is 0.350. The molecule has 1 fully saturated rings. The van der Waals surface area contributed by atoms with Gasteiger partial charge in [0.2, 0.25) is 0 Å². The predicted molar refractivity (Wildman–Crippen MR) is 80.5 cm³/mol. The molecule has 0 bridgehead atoms. The van der Waals surface area contributed by atoms with Crippen molar-refractivity contribution >= 4 is 0 Å². The Hall–Kier alpha value is -0.500. The van der Waals surface area contributed by atoms with Crippen LogP contribution in [-0.4, -0.2) is 19.1 Å². The lowest BCUT2D eigenvalue weighted by atomic mass is 9.85. The lowest BCUT2D eigenvalue weighted by Gasteiger charge is -2.25. The highest BCUT2D eigenvalue weighted by Crippen LogP contribution is 2.41. The Balaban J connectivity index is 2.60. The van der Waals surface area contributed by atoms with Crippen LogP contribution in [0.15, 0.2) is 12.3 Å². The normalized spacial score (nSPS) is 33.4. The van der Waals surface area contributed by atoms with Crippen LogP contribution in [0.25, 0.3) is 0 Å². The largest absolute Gasteiger partial charge is 0.385 e. The fourth-order valence-corrected chi connectivity index (χ4v) is 3.58. The van der Waals surface area contributed by atoms with Gasteiger partial charge in [0.25, 0.3) is 0 Å². The first-order chi connectivity index (χ1) is 8.54. The van der Waals surface area contributed by atoms with E-state index in [1.54, 1.807) is 0 Å². The first kappa shape index (κ1) is 15.6. The van der Waals surface area contributed by atoms with Crippen LogP contribution in [0, 0.1) is 17.8 Å². The number of hydrogen-bond acceptors (Lipinski definition) is 2. The molecule has 18 heavy (non-hydrogen) atoms. The third-order valence-corrected chi connectivity index (χ3v) is 4.93. The van der Waals surface area contributed by atoms with Gasteiger partial charge < -0.3 is 10.6 Å². The summed E-state index contributed by atoms with van der Waals surface area (Å²) in [5.41, 5.74) is 1.14. The summed E-state index contributed by atoms with van der Waals surface area (Å²) in [7, 11) is 1.99. The average Bonchev–Trinajstić information content (AvgIpc) is 2.65. The van der Waals surface area contributed by atoms with Crippen molar-refractivity contribution in [3.63, 3.8) is 0 Å². The van der Waals surface area contributed by atoms with Crippen molar-refractivity contribution < 1.29 is 0 Å². The molecule has 0 aromatic heterocycles. The molecule has 106 valence electrons. The van der Waals surface area contributed by atoms with Crippen LogP contribution in [0.4, 0.5) is 0 Å². The Morgan fingerprint density at radius 3 is 2.56 bits per heavy atom. The van der Waals surface area contributed by atoms with Crippen molar-refractivity contribution in [2.75, 3.05) is 7.05 Å². The Morgan fingerprint density at radius 1 is 1.39 bits per heavy atom. The Labute approximate surface area is 114 Å². The zero-order valence-electron chi connectivity index (χ0n) is 12.9. The van der Waals surface area contributed by atoms with E-state index in [1.165, 1.54) is 25.7 Å². The van der Waals surface area contributed by atoms with Crippen LogP contribution < -0.4 is 10.6 Å². The molecule has 0 aliphatic heterocycles. The van der Waals surface area contributed by atoms with E-state index >= 15 is 0 Å². The summed E-state index contributed by atoms with van der Waals surface area (Å²) in [4.78, 5) is 0. The van der Waals surface area contributed by atoms with E-state index in [2.05, 4.69) is 44.9 Å². The van der Waals surface area contributed by atoms with E-state index in [0.717, 1.165) is 23.5 Å². The molecule has 1 rings (SSSR count). The smallest absolute Gasteiger partial charge is 0.0432 e. The minimum Gasteiger partial charge on any atom is -0.385 e. The van der Waals surface area contributed by atoms with Gasteiger partial charge in [0, 0.05) is 17.8 Å². The molecule has 5 unspecified atom stereocenters. The molecule has 0 aromatic rings. The molecule has 1 aliphatic rings. The van der Waals surface area contributed by atoms with Crippen LogP contribution in [0.5, 0.6) is 0 Å². The molecule has 1 aliphatic carbocycles. The van der Waals surface area contributed by atoms with E-state index in [1.807, 2.05) is 7.05 Å². The molecule has 0 heterocycles. The number of hydrogen-bond donors (Lipinski definition) is 2. The van der Waals surface area contributed by atoms with Gasteiger partial charge in [0.1, 0.15) is 0 Å². The van der Waals surface area contributed by atoms with Gasteiger partial charge in [-0.25, -0.2) is 0 Å². The van der Waals surface area contributed by atoms with Gasteiger partial charge in [-0.1, -0.05) is 46.6 Å². The monoisotopic (exact) mass is 252 g/mol. The van der Waals surface area contributed by atoms with E-state index in [9.17, 15) is 0 Å². The predicted octanol–water partition coefficient (Wildman–Crippen LogP) is 3.55. The van der Waals surface area contributed by atoms with Gasteiger partial charge in [-0.3, -0.25) is 0 Å². The summed E-state index contributed by atoms with van der Waals surface area (Å²) in [6, 6.07) is 0.970. The fourth-order valence-electron chi connectivity index (χ4n) is 3.58. The Morgan fingerprint density at radius 2 is 2.06 bits per heavy atom. The molecule has 0 radical (unpaired) electrons. The van der Waals surface area contributed by atoms with Crippen LogP contribution in [0.1, 0.15) is 53.4 Å². The van der Waals surface area contributed by atoms with Crippen molar-refractivity contribution in [3.05, 3.63) is 12.3 Å². The van der Waals surface area contributed by atoms with E-state index in [0.29, 0.717) is 12.1 Å². The van der Waals surface area contributed by atoms with Crippen molar-refractivity contribution in [3.8, 4) is 0 Å². The van der Waals surface area contributed by atoms with E-state index in [-0.39, 0.29) is 0 Å². The molecule has 2 heteroatoms. The van der Waals surface area contributed by atoms with Gasteiger partial charge in [0.05, 0.1) is 0 Å². The van der Waals surface area contributed by atoms with Crippen LogP contribution in [0.2, 0.25) is 0 Å². The van der Waals surface area contributed by atoms with Crippen LogP contribution in [0.3, 0.4) is 0 Å². The van der Waals surface area contributed by atoms with Gasteiger partial charge in [0.15, 0.2) is 0 Å². The first-order valence-corrected chi connectivity index (χ1v) is 7.67. The molecule has 1 saturated carbocycles. The van der Waals surface area contributed by atoms with Crippen molar-refractivity contribution in [2.45, 2.75) is 65.5 Å². The molecule has 0 amide bonds. The molecule has 0 saturated heterocycles. The lowest BCUT2D eigenvalue weighted by molar-refractivity contribution is 0.292. The summed E-state index contributed by atoms with van der Waals surface area (Å²) < 4.78 is 0. The maximum Gasteiger partial charge on any atom is 0.0432 e. The second-order valence-electron chi connectivity index (χ2n) is 6.00. The van der Waals surface area contributed by atoms with E-state index < -0.39 is 0 Å². The molecule has 2 nitrogen and oxygen atoms in total. The van der Waals surface area contributed by atoms with Gasteiger partial charge >= 0.3 is 0 Å². The highest BCUT2D eigenvalue weighted by molar-refractivity contribution is 5.05. The summed E-state index contributed by atoms with van der Waals surface area (Å²) >= 11 is 0. The lowest BCUT2D eigenvalue weighted by Crippen LogP contribution is -2.38. The molecular formula is C16H32N2. The number of nitrogens with one attached hydrogen (secondary N) is 2. The van der Waals surface area contributed by atoms with Crippen LogP contribution >= 0.6 is 0 Å². The van der Waals surface area contributed by atoms with Gasteiger partial charge in [-0.2, -0.15) is 0 Å². The Bertz CT molecular complexity index is 262. The van der Waals surface area contributed by atoms with Crippen molar-refractivity contribution in [2.24, 2.45) is 17.8 Å². The van der Waals surface area contributed by atoms with E-state index in [4.69, 9.17) is 0 Å². The molecular weight excluding hydrogens is 220 g/mol. The maximum absolute atomic E-state index is 4.17. The van der Waals surface area contributed by atoms with Gasteiger partial charge in [-0.05, 0) is 38.1 Å². The standard InChI is InChI=1S/C16H32N2/c1-7-9-14-10-16(11(3)15(14)8-2)18-13(5)12(4)17-6/h11-12,14-18H,5,7-10H2,1-4,6H3. The summed E-state index contributed by atoms with van der Waals surface area (Å²) in [6.45, 7) is 13.4. The highest BCUT2D eigenvalue weighted by atomic mass is 15.0. The fraction of sp³-hybridized carbons (Fsp3) is 0.875. The maximum atomic E-state index is 4.17. The Kier molecular flexibility index (Phi) is 6.20.